The van der Waals surface area contributed by atoms with Gasteiger partial charge in [-0.3, -0.25) is 4.79 Å². The van der Waals surface area contributed by atoms with Crippen molar-refractivity contribution in [1.29, 1.82) is 0 Å². The second-order valence-corrected chi connectivity index (χ2v) is 3.16. The van der Waals surface area contributed by atoms with Crippen molar-refractivity contribution in [3.05, 3.63) is 23.5 Å². The number of phenolic OH excluding ortho intramolecular Hbond substituents is 1. The summed E-state index contributed by atoms with van der Waals surface area (Å²) in [7, 11) is 1.25. The Balaban J connectivity index is 3.22. The first-order valence-corrected chi connectivity index (χ1v) is 4.33. The lowest BCUT2D eigenvalue weighted by Crippen LogP contribution is -2.26. The molecule has 15 heavy (non-hydrogen) atoms. The van der Waals surface area contributed by atoms with E-state index < -0.39 is 17.6 Å². The van der Waals surface area contributed by atoms with Crippen LogP contribution in [0.5, 0.6) is 11.5 Å². The smallest absolute Gasteiger partial charge is 0.206 e. The molecule has 82 valence electrons. The number of rotatable bonds is 3. The van der Waals surface area contributed by atoms with Gasteiger partial charge in [-0.25, -0.2) is 0 Å². The molecule has 3 N–H and O–H groups in total. The Morgan fingerprint density at radius 2 is 2.20 bits per heavy atom. The molecule has 0 saturated carbocycles. The van der Waals surface area contributed by atoms with Gasteiger partial charge in [-0.15, -0.1) is 0 Å². The van der Waals surface area contributed by atoms with E-state index in [1.807, 2.05) is 0 Å². The maximum absolute atomic E-state index is 13.1. The number of carbonyl (C=O) groups excluding carboxylic acids is 1. The number of ketones is 1. The van der Waals surface area contributed by atoms with Crippen molar-refractivity contribution < 1.29 is 19.0 Å². The van der Waals surface area contributed by atoms with Crippen LogP contribution in [-0.4, -0.2) is 24.0 Å². The summed E-state index contributed by atoms with van der Waals surface area (Å²) in [6.07, 6.45) is 0. The largest absolute Gasteiger partial charge is 0.505 e. The molecule has 1 aromatic carbocycles. The number of phenols is 1. The quantitative estimate of drug-likeness (QED) is 0.736. The molecule has 5 heteroatoms. The molecule has 0 spiro atoms. The predicted molar refractivity (Wildman–Crippen MR) is 52.6 cm³/mol. The first-order chi connectivity index (χ1) is 6.97. The normalized spacial score (nSPS) is 12.3. The van der Waals surface area contributed by atoms with Crippen molar-refractivity contribution in [3.63, 3.8) is 0 Å². The van der Waals surface area contributed by atoms with Gasteiger partial charge in [-0.05, 0) is 19.1 Å². The van der Waals surface area contributed by atoms with E-state index in [1.54, 1.807) is 0 Å². The number of nitrogens with two attached hydrogens (primary N) is 1. The molecular weight excluding hydrogens is 201 g/mol. The predicted octanol–water partition coefficient (Wildman–Crippen LogP) is 1.07. The molecule has 0 aliphatic carbocycles. The lowest BCUT2D eigenvalue weighted by Gasteiger charge is -2.08. The lowest BCUT2D eigenvalue weighted by atomic mass is 10.1. The fourth-order valence-corrected chi connectivity index (χ4v) is 1.14. The minimum atomic E-state index is -0.890. The van der Waals surface area contributed by atoms with Gasteiger partial charge < -0.3 is 15.6 Å². The molecule has 0 amide bonds. The number of ether oxygens (including phenoxy) is 1. The van der Waals surface area contributed by atoms with E-state index in [1.165, 1.54) is 20.1 Å². The SMILES string of the molecule is COc1cc(C(=O)C(C)N)cc(O)c1F. The fourth-order valence-electron chi connectivity index (χ4n) is 1.14. The molecule has 0 heterocycles. The van der Waals surface area contributed by atoms with Gasteiger partial charge >= 0.3 is 0 Å². The van der Waals surface area contributed by atoms with Crippen molar-refractivity contribution in [2.24, 2.45) is 5.73 Å². The van der Waals surface area contributed by atoms with Crippen molar-refractivity contribution in [2.45, 2.75) is 13.0 Å². The third-order valence-corrected chi connectivity index (χ3v) is 1.94. The first-order valence-electron chi connectivity index (χ1n) is 4.33. The highest BCUT2D eigenvalue weighted by atomic mass is 19.1. The highest BCUT2D eigenvalue weighted by Gasteiger charge is 2.17. The van der Waals surface area contributed by atoms with E-state index in [0.29, 0.717) is 0 Å². The van der Waals surface area contributed by atoms with Crippen molar-refractivity contribution in [3.8, 4) is 11.5 Å². The number of Topliss-reactive ketones (excluding diaryl/α,β-unsaturated/α-hetero) is 1. The Hall–Kier alpha value is -1.62. The molecule has 1 aromatic rings. The number of aromatic hydroxyl groups is 1. The summed E-state index contributed by atoms with van der Waals surface area (Å²) in [5.41, 5.74) is 5.51. The van der Waals surface area contributed by atoms with Gasteiger partial charge in [0.1, 0.15) is 0 Å². The summed E-state index contributed by atoms with van der Waals surface area (Å²) in [6, 6.07) is 1.53. The van der Waals surface area contributed by atoms with E-state index >= 15 is 0 Å². The van der Waals surface area contributed by atoms with Crippen LogP contribution in [0.2, 0.25) is 0 Å². The molecule has 0 bridgehead atoms. The van der Waals surface area contributed by atoms with E-state index in [9.17, 15) is 14.3 Å². The first kappa shape index (κ1) is 11.5. The van der Waals surface area contributed by atoms with Crippen molar-refractivity contribution in [1.82, 2.24) is 0 Å². The van der Waals surface area contributed by atoms with Crippen LogP contribution in [0, 0.1) is 5.82 Å². The molecule has 1 unspecified atom stereocenters. The Labute approximate surface area is 86.5 Å². The van der Waals surface area contributed by atoms with Gasteiger partial charge in [0.2, 0.25) is 5.82 Å². The van der Waals surface area contributed by atoms with E-state index in [2.05, 4.69) is 4.74 Å². The summed E-state index contributed by atoms with van der Waals surface area (Å²) in [6.45, 7) is 1.51. The van der Waals surface area contributed by atoms with Crippen LogP contribution in [0.25, 0.3) is 0 Å². The van der Waals surface area contributed by atoms with E-state index in [0.717, 1.165) is 6.07 Å². The van der Waals surface area contributed by atoms with Crippen LogP contribution < -0.4 is 10.5 Å². The van der Waals surface area contributed by atoms with Gasteiger partial charge in [0, 0.05) is 5.56 Å². The van der Waals surface area contributed by atoms with Crippen LogP contribution in [0.4, 0.5) is 4.39 Å². The average Bonchev–Trinajstić information content (AvgIpc) is 2.20. The third kappa shape index (κ3) is 2.24. The monoisotopic (exact) mass is 213 g/mol. The topological polar surface area (TPSA) is 72.5 Å². The summed E-state index contributed by atoms with van der Waals surface area (Å²) >= 11 is 0. The lowest BCUT2D eigenvalue weighted by molar-refractivity contribution is 0.0967. The zero-order chi connectivity index (χ0) is 11.6. The van der Waals surface area contributed by atoms with Crippen molar-refractivity contribution in [2.75, 3.05) is 7.11 Å². The summed E-state index contributed by atoms with van der Waals surface area (Å²) < 4.78 is 17.8. The molecule has 0 aromatic heterocycles. The van der Waals surface area contributed by atoms with Gasteiger partial charge in [0.05, 0.1) is 13.2 Å². The van der Waals surface area contributed by atoms with Crippen molar-refractivity contribution >= 4 is 5.78 Å². The minimum absolute atomic E-state index is 0.126. The Morgan fingerprint density at radius 1 is 1.60 bits per heavy atom. The second-order valence-electron chi connectivity index (χ2n) is 3.16. The summed E-state index contributed by atoms with van der Waals surface area (Å²) in [5.74, 6) is -2.08. The van der Waals surface area contributed by atoms with Gasteiger partial charge in [0.25, 0.3) is 0 Å². The van der Waals surface area contributed by atoms with Crippen LogP contribution >= 0.6 is 0 Å². The molecular formula is C10H12FNO3. The molecule has 0 fully saturated rings. The molecule has 1 rings (SSSR count). The van der Waals surface area contributed by atoms with Gasteiger partial charge in [-0.1, -0.05) is 0 Å². The van der Waals surface area contributed by atoms with Crippen LogP contribution in [0.1, 0.15) is 17.3 Å². The van der Waals surface area contributed by atoms with Gasteiger partial charge in [-0.2, -0.15) is 4.39 Å². The van der Waals surface area contributed by atoms with Crippen LogP contribution in [0.3, 0.4) is 0 Å². The molecule has 0 saturated heterocycles. The maximum atomic E-state index is 13.1. The number of benzene rings is 1. The Kier molecular flexibility index (Phi) is 3.26. The standard InChI is InChI=1S/C10H12FNO3/c1-5(12)10(14)6-3-7(13)9(11)8(4-6)15-2/h3-5,13H,12H2,1-2H3. The number of halogens is 1. The van der Waals surface area contributed by atoms with Crippen LogP contribution in [-0.2, 0) is 0 Å². The highest BCUT2D eigenvalue weighted by Crippen LogP contribution is 2.27. The molecule has 0 aliphatic rings. The second kappa shape index (κ2) is 4.27. The molecule has 4 nitrogen and oxygen atoms in total. The average molecular weight is 213 g/mol. The maximum Gasteiger partial charge on any atom is 0.206 e. The summed E-state index contributed by atoms with van der Waals surface area (Å²) in [5, 5.41) is 9.19. The Morgan fingerprint density at radius 3 is 2.67 bits per heavy atom. The van der Waals surface area contributed by atoms with Gasteiger partial charge in [0.15, 0.2) is 17.3 Å². The number of hydrogen-bond donors (Lipinski definition) is 2. The van der Waals surface area contributed by atoms with E-state index in [-0.39, 0.29) is 17.1 Å². The third-order valence-electron chi connectivity index (χ3n) is 1.94. The summed E-state index contributed by atoms with van der Waals surface area (Å²) in [4.78, 5) is 11.5. The van der Waals surface area contributed by atoms with Crippen LogP contribution in [0.15, 0.2) is 12.1 Å². The Bertz CT molecular complexity index is 390. The number of carbonyl (C=O) groups is 1. The fraction of sp³-hybridized carbons (Fsp3) is 0.300. The number of hydrogen-bond acceptors (Lipinski definition) is 4. The molecule has 0 radical (unpaired) electrons. The number of methoxy groups -OCH3 is 1. The zero-order valence-corrected chi connectivity index (χ0v) is 8.45. The zero-order valence-electron chi connectivity index (χ0n) is 8.45. The molecule has 1 atom stereocenters. The highest BCUT2D eigenvalue weighted by molar-refractivity contribution is 6.00. The van der Waals surface area contributed by atoms with E-state index in [4.69, 9.17) is 5.73 Å². The molecule has 0 aliphatic heterocycles. The minimum Gasteiger partial charge on any atom is -0.505 e.